The first-order valence-electron chi connectivity index (χ1n) is 7.67. The van der Waals surface area contributed by atoms with E-state index in [1.54, 1.807) is 0 Å². The van der Waals surface area contributed by atoms with E-state index in [-0.39, 0.29) is 12.6 Å². The SMILES string of the molecule is Cc1ccc(C(C)NC2CCCc3c2cnn3CCO)o1. The highest BCUT2D eigenvalue weighted by Crippen LogP contribution is 2.31. The van der Waals surface area contributed by atoms with Crippen molar-refractivity contribution in [1.29, 1.82) is 0 Å². The van der Waals surface area contributed by atoms with Crippen LogP contribution in [0.25, 0.3) is 0 Å². The van der Waals surface area contributed by atoms with Crippen molar-refractivity contribution in [2.24, 2.45) is 0 Å². The van der Waals surface area contributed by atoms with Gasteiger partial charge in [0.2, 0.25) is 0 Å². The maximum Gasteiger partial charge on any atom is 0.120 e. The second-order valence-electron chi connectivity index (χ2n) is 5.77. The van der Waals surface area contributed by atoms with Gasteiger partial charge in [0.15, 0.2) is 0 Å². The Morgan fingerprint density at radius 3 is 3.10 bits per heavy atom. The van der Waals surface area contributed by atoms with Crippen LogP contribution in [0.1, 0.15) is 54.6 Å². The molecule has 0 aromatic carbocycles. The van der Waals surface area contributed by atoms with Crippen LogP contribution in [-0.4, -0.2) is 21.5 Å². The number of hydrogen-bond acceptors (Lipinski definition) is 4. The summed E-state index contributed by atoms with van der Waals surface area (Å²) in [6, 6.07) is 4.52. The Labute approximate surface area is 125 Å². The van der Waals surface area contributed by atoms with Gasteiger partial charge in [0, 0.05) is 17.3 Å². The topological polar surface area (TPSA) is 63.2 Å². The van der Waals surface area contributed by atoms with Crippen LogP contribution in [0.5, 0.6) is 0 Å². The molecule has 0 aliphatic heterocycles. The van der Waals surface area contributed by atoms with Gasteiger partial charge in [-0.1, -0.05) is 0 Å². The lowest BCUT2D eigenvalue weighted by Gasteiger charge is -2.26. The highest BCUT2D eigenvalue weighted by Gasteiger charge is 2.26. The minimum absolute atomic E-state index is 0.133. The highest BCUT2D eigenvalue weighted by atomic mass is 16.3. The van der Waals surface area contributed by atoms with Crippen LogP contribution in [0.2, 0.25) is 0 Å². The molecule has 2 unspecified atom stereocenters. The predicted octanol–water partition coefficient (Wildman–Crippen LogP) is 2.51. The largest absolute Gasteiger partial charge is 0.465 e. The minimum atomic E-state index is 0.133. The Kier molecular flexibility index (Phi) is 4.12. The average Bonchev–Trinajstić information content (AvgIpc) is 3.07. The van der Waals surface area contributed by atoms with Crippen molar-refractivity contribution in [3.63, 3.8) is 0 Å². The van der Waals surface area contributed by atoms with E-state index in [0.29, 0.717) is 12.6 Å². The zero-order valence-corrected chi connectivity index (χ0v) is 12.7. The third kappa shape index (κ3) is 2.89. The minimum Gasteiger partial charge on any atom is -0.465 e. The van der Waals surface area contributed by atoms with Crippen LogP contribution < -0.4 is 5.32 Å². The molecule has 2 atom stereocenters. The second-order valence-corrected chi connectivity index (χ2v) is 5.77. The third-order valence-electron chi connectivity index (χ3n) is 4.21. The molecule has 0 spiro atoms. The van der Waals surface area contributed by atoms with Gasteiger partial charge in [0.1, 0.15) is 11.5 Å². The highest BCUT2D eigenvalue weighted by molar-refractivity contribution is 5.25. The molecule has 1 aliphatic rings. The molecular weight excluding hydrogens is 266 g/mol. The lowest BCUT2D eigenvalue weighted by atomic mass is 9.92. The van der Waals surface area contributed by atoms with E-state index in [4.69, 9.17) is 9.52 Å². The molecular formula is C16H23N3O2. The van der Waals surface area contributed by atoms with E-state index in [2.05, 4.69) is 17.3 Å². The van der Waals surface area contributed by atoms with Crippen molar-refractivity contribution < 1.29 is 9.52 Å². The smallest absolute Gasteiger partial charge is 0.120 e. The van der Waals surface area contributed by atoms with Gasteiger partial charge < -0.3 is 14.8 Å². The molecule has 21 heavy (non-hydrogen) atoms. The van der Waals surface area contributed by atoms with Crippen LogP contribution in [-0.2, 0) is 13.0 Å². The molecule has 0 radical (unpaired) electrons. The summed E-state index contributed by atoms with van der Waals surface area (Å²) in [5, 5.41) is 17.2. The summed E-state index contributed by atoms with van der Waals surface area (Å²) < 4.78 is 7.64. The number of rotatable bonds is 5. The summed E-state index contributed by atoms with van der Waals surface area (Å²) in [5.41, 5.74) is 2.53. The normalized spacial score (nSPS) is 19.5. The lowest BCUT2D eigenvalue weighted by Crippen LogP contribution is -2.27. The van der Waals surface area contributed by atoms with Crippen molar-refractivity contribution in [1.82, 2.24) is 15.1 Å². The molecule has 0 saturated heterocycles. The van der Waals surface area contributed by atoms with Gasteiger partial charge in [-0.2, -0.15) is 5.10 Å². The summed E-state index contributed by atoms with van der Waals surface area (Å²) in [7, 11) is 0. The molecule has 114 valence electrons. The number of aliphatic hydroxyl groups is 1. The number of nitrogens with zero attached hydrogens (tertiary/aromatic N) is 2. The van der Waals surface area contributed by atoms with Gasteiger partial charge in [-0.05, 0) is 45.2 Å². The van der Waals surface area contributed by atoms with Crippen molar-refractivity contribution >= 4 is 0 Å². The summed E-state index contributed by atoms with van der Waals surface area (Å²) in [5.74, 6) is 1.92. The monoisotopic (exact) mass is 289 g/mol. The first-order valence-corrected chi connectivity index (χ1v) is 7.67. The quantitative estimate of drug-likeness (QED) is 0.887. The van der Waals surface area contributed by atoms with Crippen molar-refractivity contribution in [3.8, 4) is 0 Å². The van der Waals surface area contributed by atoms with Gasteiger partial charge in [0.25, 0.3) is 0 Å². The van der Waals surface area contributed by atoms with E-state index < -0.39 is 0 Å². The summed E-state index contributed by atoms with van der Waals surface area (Å²) in [4.78, 5) is 0. The Bertz CT molecular complexity index is 602. The molecule has 3 rings (SSSR count). The molecule has 0 saturated carbocycles. The fourth-order valence-electron chi connectivity index (χ4n) is 3.15. The fraction of sp³-hybridized carbons (Fsp3) is 0.562. The molecule has 2 aromatic rings. The molecule has 2 heterocycles. The van der Waals surface area contributed by atoms with E-state index in [0.717, 1.165) is 30.8 Å². The van der Waals surface area contributed by atoms with Crippen molar-refractivity contribution in [2.45, 2.75) is 51.7 Å². The average molecular weight is 289 g/mol. The van der Waals surface area contributed by atoms with E-state index in [1.165, 1.54) is 11.3 Å². The molecule has 0 amide bonds. The molecule has 0 fully saturated rings. The molecule has 5 heteroatoms. The lowest BCUT2D eigenvalue weighted by molar-refractivity contribution is 0.266. The van der Waals surface area contributed by atoms with Gasteiger partial charge >= 0.3 is 0 Å². The first kappa shape index (κ1) is 14.4. The Hall–Kier alpha value is -1.59. The van der Waals surface area contributed by atoms with Crippen LogP contribution >= 0.6 is 0 Å². The molecule has 2 N–H and O–H groups in total. The third-order valence-corrected chi connectivity index (χ3v) is 4.21. The fourth-order valence-corrected chi connectivity index (χ4v) is 3.15. The Balaban J connectivity index is 1.76. The number of fused-ring (bicyclic) bond motifs is 1. The van der Waals surface area contributed by atoms with Gasteiger partial charge in [0.05, 0.1) is 25.4 Å². The first-order chi connectivity index (χ1) is 10.2. The van der Waals surface area contributed by atoms with Crippen LogP contribution in [0.3, 0.4) is 0 Å². The second kappa shape index (κ2) is 6.03. The van der Waals surface area contributed by atoms with Gasteiger partial charge in [-0.3, -0.25) is 4.68 Å². The number of aliphatic hydroxyl groups excluding tert-OH is 1. The van der Waals surface area contributed by atoms with E-state index in [9.17, 15) is 0 Å². The van der Waals surface area contributed by atoms with Gasteiger partial charge in [-0.15, -0.1) is 0 Å². The van der Waals surface area contributed by atoms with E-state index >= 15 is 0 Å². The van der Waals surface area contributed by atoms with E-state index in [1.807, 2.05) is 29.9 Å². The summed E-state index contributed by atoms with van der Waals surface area (Å²) in [6.07, 6.45) is 5.25. The van der Waals surface area contributed by atoms with Crippen molar-refractivity contribution in [3.05, 3.63) is 41.1 Å². The number of nitrogens with one attached hydrogen (secondary N) is 1. The standard InChI is InChI=1S/C16H23N3O2/c1-11-6-7-16(21-11)12(2)18-14-4-3-5-15-13(14)10-17-19(15)8-9-20/h6-7,10,12,14,18,20H,3-5,8-9H2,1-2H3. The molecule has 2 aromatic heterocycles. The summed E-state index contributed by atoms with van der Waals surface area (Å²) >= 11 is 0. The molecule has 5 nitrogen and oxygen atoms in total. The maximum atomic E-state index is 9.11. The Morgan fingerprint density at radius 2 is 2.38 bits per heavy atom. The van der Waals surface area contributed by atoms with Crippen molar-refractivity contribution in [2.75, 3.05) is 6.61 Å². The Morgan fingerprint density at radius 1 is 1.52 bits per heavy atom. The zero-order valence-electron chi connectivity index (χ0n) is 12.7. The maximum absolute atomic E-state index is 9.11. The van der Waals surface area contributed by atoms with Gasteiger partial charge in [-0.25, -0.2) is 0 Å². The number of furan rings is 1. The number of aryl methyl sites for hydroxylation is 1. The molecule has 0 bridgehead atoms. The molecule has 1 aliphatic carbocycles. The zero-order chi connectivity index (χ0) is 14.8. The van der Waals surface area contributed by atoms with Crippen LogP contribution in [0.15, 0.2) is 22.7 Å². The summed E-state index contributed by atoms with van der Waals surface area (Å²) in [6.45, 7) is 4.81. The predicted molar refractivity (Wildman–Crippen MR) is 80.0 cm³/mol. The number of hydrogen-bond donors (Lipinski definition) is 2. The van der Waals surface area contributed by atoms with Crippen LogP contribution in [0.4, 0.5) is 0 Å². The van der Waals surface area contributed by atoms with Crippen LogP contribution in [0, 0.1) is 6.92 Å². The number of aromatic nitrogens is 2.